The standard InChI is InChI=1S/C50H92N2O2/c1-5-9-13-17-21-29-41-51(42-30-22-18-14-10-6-2)49(39-27-25-33-47(49)53)45-35-37-46(38-36-45)50(40-28-26-34-48(50)54)52(43-31-23-19-15-11-7-3)44-32-24-20-16-12-8-4/h35-38,47-48,53-54H,5-34,39-44H2,1-4H3. The highest BCUT2D eigenvalue weighted by molar-refractivity contribution is 5.36. The molecule has 2 fully saturated rings. The van der Waals surface area contributed by atoms with Crippen LogP contribution in [0.5, 0.6) is 0 Å². The predicted molar refractivity (Wildman–Crippen MR) is 235 cm³/mol. The SMILES string of the molecule is CCCCCCCCN(CCCCCCCC)C1(c2ccc(C3(N(CCCCCCCC)CCCCCCCC)CCCCC3O)cc2)CCCCC1O. The summed E-state index contributed by atoms with van der Waals surface area (Å²) < 4.78 is 0. The van der Waals surface area contributed by atoms with Crippen molar-refractivity contribution in [3.05, 3.63) is 35.4 Å². The molecule has 1 aromatic rings. The molecule has 0 amide bonds. The van der Waals surface area contributed by atoms with E-state index >= 15 is 0 Å². The number of rotatable bonds is 32. The van der Waals surface area contributed by atoms with Gasteiger partial charge in [-0.2, -0.15) is 0 Å². The normalized spacial score (nSPS) is 23.5. The van der Waals surface area contributed by atoms with Crippen LogP contribution in [0.25, 0.3) is 0 Å². The molecule has 0 aromatic heterocycles. The first-order chi connectivity index (χ1) is 26.5. The van der Waals surface area contributed by atoms with Crippen LogP contribution in [0.4, 0.5) is 0 Å². The third-order valence-electron chi connectivity index (χ3n) is 13.8. The van der Waals surface area contributed by atoms with Gasteiger partial charge in [0, 0.05) is 0 Å². The lowest BCUT2D eigenvalue weighted by molar-refractivity contribution is -0.0687. The summed E-state index contributed by atoms with van der Waals surface area (Å²) in [7, 11) is 0. The maximum Gasteiger partial charge on any atom is 0.0765 e. The van der Waals surface area contributed by atoms with E-state index in [1.165, 1.54) is 178 Å². The lowest BCUT2D eigenvalue weighted by atomic mass is 9.70. The molecule has 4 nitrogen and oxygen atoms in total. The van der Waals surface area contributed by atoms with E-state index in [0.29, 0.717) is 0 Å². The number of hydrogen-bond acceptors (Lipinski definition) is 4. The second-order valence-electron chi connectivity index (χ2n) is 18.0. The summed E-state index contributed by atoms with van der Waals surface area (Å²) in [5.41, 5.74) is 2.04. The minimum Gasteiger partial charge on any atom is -0.391 e. The maximum atomic E-state index is 12.1. The Morgan fingerprint density at radius 2 is 0.667 bits per heavy atom. The Morgan fingerprint density at radius 1 is 0.407 bits per heavy atom. The molecule has 0 radical (unpaired) electrons. The van der Waals surface area contributed by atoms with Crippen LogP contribution in [0, 0.1) is 0 Å². The van der Waals surface area contributed by atoms with Crippen LogP contribution in [-0.4, -0.2) is 58.4 Å². The maximum absolute atomic E-state index is 12.1. The molecule has 0 aliphatic heterocycles. The molecule has 4 heteroatoms. The van der Waals surface area contributed by atoms with E-state index in [1.807, 2.05) is 0 Å². The van der Waals surface area contributed by atoms with Crippen LogP contribution in [0.1, 0.15) is 244 Å². The molecule has 3 rings (SSSR count). The van der Waals surface area contributed by atoms with E-state index in [9.17, 15) is 10.2 Å². The quantitative estimate of drug-likeness (QED) is 0.0720. The van der Waals surface area contributed by atoms with Crippen molar-refractivity contribution in [2.75, 3.05) is 26.2 Å². The number of hydrogen-bond donors (Lipinski definition) is 2. The highest BCUT2D eigenvalue weighted by Gasteiger charge is 2.48. The summed E-state index contributed by atoms with van der Waals surface area (Å²) in [6.07, 6.45) is 39.3. The van der Waals surface area contributed by atoms with E-state index in [1.54, 1.807) is 0 Å². The van der Waals surface area contributed by atoms with Gasteiger partial charge in [-0.05, 0) is 88.7 Å². The highest BCUT2D eigenvalue weighted by Crippen LogP contribution is 2.47. The van der Waals surface area contributed by atoms with Gasteiger partial charge in [0.2, 0.25) is 0 Å². The first-order valence-corrected chi connectivity index (χ1v) is 24.5. The molecule has 54 heavy (non-hydrogen) atoms. The van der Waals surface area contributed by atoms with Crippen LogP contribution in [0.3, 0.4) is 0 Å². The number of aliphatic hydroxyl groups excluding tert-OH is 2. The van der Waals surface area contributed by atoms with Gasteiger partial charge in [0.05, 0.1) is 23.3 Å². The molecular formula is C50H92N2O2. The van der Waals surface area contributed by atoms with Crippen molar-refractivity contribution >= 4 is 0 Å². The molecule has 2 aliphatic carbocycles. The minimum atomic E-state index is -0.330. The first kappa shape index (κ1) is 47.4. The average Bonchev–Trinajstić information content (AvgIpc) is 3.19. The van der Waals surface area contributed by atoms with Crippen molar-refractivity contribution in [1.29, 1.82) is 0 Å². The van der Waals surface area contributed by atoms with Crippen molar-refractivity contribution in [2.45, 2.75) is 256 Å². The van der Waals surface area contributed by atoms with Gasteiger partial charge in [0.25, 0.3) is 0 Å². The van der Waals surface area contributed by atoms with Gasteiger partial charge >= 0.3 is 0 Å². The number of benzene rings is 1. The average molecular weight is 753 g/mol. The molecule has 2 saturated carbocycles. The number of aliphatic hydroxyl groups is 2. The lowest BCUT2D eigenvalue weighted by Crippen LogP contribution is -2.57. The van der Waals surface area contributed by atoms with E-state index in [2.05, 4.69) is 61.8 Å². The van der Waals surface area contributed by atoms with E-state index < -0.39 is 0 Å². The molecule has 0 spiro atoms. The highest BCUT2D eigenvalue weighted by atomic mass is 16.3. The molecule has 2 aliphatic rings. The first-order valence-electron chi connectivity index (χ1n) is 24.5. The van der Waals surface area contributed by atoms with Gasteiger partial charge in [-0.15, -0.1) is 0 Å². The third-order valence-corrected chi connectivity index (χ3v) is 13.8. The summed E-state index contributed by atoms with van der Waals surface area (Å²) in [5.74, 6) is 0. The van der Waals surface area contributed by atoms with Crippen LogP contribution in [0.2, 0.25) is 0 Å². The Kier molecular flexibility index (Phi) is 25.0. The zero-order chi connectivity index (χ0) is 38.7. The van der Waals surface area contributed by atoms with Gasteiger partial charge in [-0.1, -0.05) is 206 Å². The van der Waals surface area contributed by atoms with Crippen LogP contribution < -0.4 is 0 Å². The van der Waals surface area contributed by atoms with E-state index in [0.717, 1.165) is 64.7 Å². The molecule has 2 N–H and O–H groups in total. The summed E-state index contributed by atoms with van der Waals surface area (Å²) in [4.78, 5) is 5.56. The monoisotopic (exact) mass is 753 g/mol. The van der Waals surface area contributed by atoms with Crippen molar-refractivity contribution in [3.63, 3.8) is 0 Å². The molecule has 1 aromatic carbocycles. The predicted octanol–water partition coefficient (Wildman–Crippen LogP) is 14.0. The molecule has 0 bridgehead atoms. The van der Waals surface area contributed by atoms with Gasteiger partial charge in [-0.3, -0.25) is 9.80 Å². The number of unbranched alkanes of at least 4 members (excludes halogenated alkanes) is 20. The van der Waals surface area contributed by atoms with Crippen LogP contribution in [0.15, 0.2) is 24.3 Å². The summed E-state index contributed by atoms with van der Waals surface area (Å²) in [6.45, 7) is 13.6. The lowest BCUT2D eigenvalue weighted by Gasteiger charge is -2.52. The largest absolute Gasteiger partial charge is 0.391 e. The molecule has 314 valence electrons. The Morgan fingerprint density at radius 3 is 0.926 bits per heavy atom. The zero-order valence-electron chi connectivity index (χ0n) is 36.7. The Bertz CT molecular complexity index is 917. The van der Waals surface area contributed by atoms with Crippen molar-refractivity contribution in [1.82, 2.24) is 9.80 Å². The fourth-order valence-electron chi connectivity index (χ4n) is 10.5. The Labute approximate surface area is 337 Å². The zero-order valence-corrected chi connectivity index (χ0v) is 36.7. The van der Waals surface area contributed by atoms with Crippen molar-refractivity contribution < 1.29 is 10.2 Å². The van der Waals surface area contributed by atoms with E-state index in [4.69, 9.17) is 0 Å². The topological polar surface area (TPSA) is 46.9 Å². The molecular weight excluding hydrogens is 661 g/mol. The molecule has 0 saturated heterocycles. The van der Waals surface area contributed by atoms with Crippen LogP contribution in [-0.2, 0) is 11.1 Å². The van der Waals surface area contributed by atoms with Crippen molar-refractivity contribution in [2.24, 2.45) is 0 Å². The van der Waals surface area contributed by atoms with Crippen molar-refractivity contribution in [3.8, 4) is 0 Å². The van der Waals surface area contributed by atoms with Gasteiger partial charge < -0.3 is 10.2 Å². The Hall–Kier alpha value is -0.940. The van der Waals surface area contributed by atoms with Gasteiger partial charge in [-0.25, -0.2) is 0 Å². The van der Waals surface area contributed by atoms with E-state index in [-0.39, 0.29) is 23.3 Å². The minimum absolute atomic E-state index is 0.307. The molecule has 0 heterocycles. The summed E-state index contributed by atoms with van der Waals surface area (Å²) in [5, 5.41) is 24.3. The molecule has 4 unspecified atom stereocenters. The Balaban J connectivity index is 1.92. The second kappa shape index (κ2) is 28.5. The van der Waals surface area contributed by atoms with Gasteiger partial charge in [0.1, 0.15) is 0 Å². The third kappa shape index (κ3) is 14.8. The second-order valence-corrected chi connectivity index (χ2v) is 18.0. The summed E-state index contributed by atoms with van der Waals surface area (Å²) in [6, 6.07) is 9.71. The van der Waals surface area contributed by atoms with Crippen LogP contribution >= 0.6 is 0 Å². The molecule has 4 atom stereocenters. The summed E-state index contributed by atoms with van der Waals surface area (Å²) >= 11 is 0. The fraction of sp³-hybridized carbons (Fsp3) is 0.880. The number of nitrogens with zero attached hydrogens (tertiary/aromatic N) is 2. The fourth-order valence-corrected chi connectivity index (χ4v) is 10.5. The smallest absolute Gasteiger partial charge is 0.0765 e. The van der Waals surface area contributed by atoms with Gasteiger partial charge in [0.15, 0.2) is 0 Å².